The Labute approximate surface area is 96.8 Å². The van der Waals surface area contributed by atoms with Crippen LogP contribution in [0.25, 0.3) is 0 Å². The van der Waals surface area contributed by atoms with E-state index >= 15 is 0 Å². The lowest BCUT2D eigenvalue weighted by Crippen LogP contribution is -2.27. The number of hydrogen-bond donors (Lipinski definition) is 1. The van der Waals surface area contributed by atoms with Crippen molar-refractivity contribution in [3.05, 3.63) is 29.8 Å². The van der Waals surface area contributed by atoms with Crippen LogP contribution in [0.5, 0.6) is 0 Å². The summed E-state index contributed by atoms with van der Waals surface area (Å²) in [5.74, 6) is -0.125. The molecule has 0 aliphatic heterocycles. The summed E-state index contributed by atoms with van der Waals surface area (Å²) in [4.78, 5) is 11.5. The fraction of sp³-hybridized carbons (Fsp3) is 0.462. The van der Waals surface area contributed by atoms with E-state index in [0.29, 0.717) is 0 Å². The predicted molar refractivity (Wildman–Crippen MR) is 65.5 cm³/mol. The van der Waals surface area contributed by atoms with Gasteiger partial charge in [-0.2, -0.15) is 0 Å². The molecule has 0 aromatic heterocycles. The first-order chi connectivity index (χ1) is 7.37. The van der Waals surface area contributed by atoms with E-state index < -0.39 is 0 Å². The van der Waals surface area contributed by atoms with Crippen LogP contribution in [0.15, 0.2) is 24.3 Å². The van der Waals surface area contributed by atoms with E-state index in [4.69, 9.17) is 4.74 Å². The summed E-state index contributed by atoms with van der Waals surface area (Å²) in [6, 6.07) is 7.69. The van der Waals surface area contributed by atoms with Crippen LogP contribution in [0, 0.1) is 6.92 Å². The molecule has 0 fully saturated rings. The maximum absolute atomic E-state index is 11.5. The number of carbonyl (C=O) groups excluding carboxylic acids is 1. The Hall–Kier alpha value is -1.35. The molecule has 0 saturated carbocycles. The molecule has 0 aliphatic carbocycles. The summed E-state index contributed by atoms with van der Waals surface area (Å²) in [5.41, 5.74) is 1.64. The molecule has 0 atom stereocenters. The van der Waals surface area contributed by atoms with Gasteiger partial charge in [-0.05, 0) is 45.4 Å². The summed E-state index contributed by atoms with van der Waals surface area (Å²) in [6.07, 6.45) is 0. The molecule has 1 aromatic rings. The minimum Gasteiger partial charge on any atom is -0.366 e. The van der Waals surface area contributed by atoms with Gasteiger partial charge in [0.15, 0.2) is 0 Å². The third-order valence-corrected chi connectivity index (χ3v) is 1.94. The number of amides is 1. The average molecular weight is 221 g/mol. The number of anilines is 1. The van der Waals surface area contributed by atoms with Crippen molar-refractivity contribution < 1.29 is 9.53 Å². The predicted octanol–water partition coefficient (Wildman–Crippen LogP) is 2.75. The van der Waals surface area contributed by atoms with Gasteiger partial charge in [0, 0.05) is 5.69 Å². The van der Waals surface area contributed by atoms with Crippen molar-refractivity contribution >= 4 is 11.6 Å². The molecule has 0 unspecified atom stereocenters. The Kier molecular flexibility index (Phi) is 4.07. The zero-order chi connectivity index (χ0) is 12.2. The van der Waals surface area contributed by atoms with Gasteiger partial charge in [0.25, 0.3) is 0 Å². The molecule has 16 heavy (non-hydrogen) atoms. The Balaban J connectivity index is 2.46. The number of carbonyl (C=O) groups is 1. The molecule has 0 aliphatic rings. The third kappa shape index (κ3) is 4.94. The first-order valence-corrected chi connectivity index (χ1v) is 5.37. The third-order valence-electron chi connectivity index (χ3n) is 1.94. The van der Waals surface area contributed by atoms with Crippen molar-refractivity contribution in [1.29, 1.82) is 0 Å². The zero-order valence-corrected chi connectivity index (χ0v) is 10.3. The molecule has 3 heteroatoms. The van der Waals surface area contributed by atoms with Crippen molar-refractivity contribution in [2.45, 2.75) is 33.3 Å². The van der Waals surface area contributed by atoms with Crippen LogP contribution >= 0.6 is 0 Å². The number of aryl methyl sites for hydroxylation is 1. The van der Waals surface area contributed by atoms with E-state index in [1.807, 2.05) is 52.0 Å². The van der Waals surface area contributed by atoms with E-state index in [1.54, 1.807) is 0 Å². The first-order valence-electron chi connectivity index (χ1n) is 5.37. The summed E-state index contributed by atoms with van der Waals surface area (Å²) < 4.78 is 5.38. The second kappa shape index (κ2) is 5.12. The highest BCUT2D eigenvalue weighted by atomic mass is 16.5. The second-order valence-electron chi connectivity index (χ2n) is 4.82. The summed E-state index contributed by atoms with van der Waals surface area (Å²) in [7, 11) is 0. The Morgan fingerprint density at radius 1 is 1.38 bits per heavy atom. The molecule has 3 nitrogen and oxygen atoms in total. The smallest absolute Gasteiger partial charge is 0.250 e. The molecule has 0 heterocycles. The van der Waals surface area contributed by atoms with E-state index in [1.165, 1.54) is 0 Å². The van der Waals surface area contributed by atoms with Crippen molar-refractivity contribution in [1.82, 2.24) is 0 Å². The van der Waals surface area contributed by atoms with Gasteiger partial charge in [-0.15, -0.1) is 0 Å². The van der Waals surface area contributed by atoms with Crippen molar-refractivity contribution in [2.75, 3.05) is 11.9 Å². The quantitative estimate of drug-likeness (QED) is 0.852. The normalized spacial score (nSPS) is 11.2. The molecule has 1 rings (SSSR count). The summed E-state index contributed by atoms with van der Waals surface area (Å²) in [5, 5.41) is 2.79. The Morgan fingerprint density at radius 2 is 2.06 bits per heavy atom. The molecular weight excluding hydrogens is 202 g/mol. The van der Waals surface area contributed by atoms with Crippen molar-refractivity contribution in [2.24, 2.45) is 0 Å². The number of benzene rings is 1. The molecule has 88 valence electrons. The highest BCUT2D eigenvalue weighted by molar-refractivity contribution is 5.91. The number of nitrogens with one attached hydrogen (secondary N) is 1. The number of ether oxygens (including phenoxy) is 1. The van der Waals surface area contributed by atoms with E-state index in [2.05, 4.69) is 5.32 Å². The minimum atomic E-state index is -0.288. The van der Waals surface area contributed by atoms with Gasteiger partial charge >= 0.3 is 0 Å². The zero-order valence-electron chi connectivity index (χ0n) is 10.3. The minimum absolute atomic E-state index is 0.0808. The van der Waals surface area contributed by atoms with E-state index in [0.717, 1.165) is 11.3 Å². The fourth-order valence-electron chi connectivity index (χ4n) is 1.20. The Bertz CT molecular complexity index is 366. The molecule has 1 amide bonds. The van der Waals surface area contributed by atoms with Crippen LogP contribution in [0.1, 0.15) is 26.3 Å². The van der Waals surface area contributed by atoms with Crippen molar-refractivity contribution in [3.63, 3.8) is 0 Å². The van der Waals surface area contributed by atoms with Gasteiger partial charge in [-0.3, -0.25) is 4.79 Å². The molecule has 0 radical (unpaired) electrons. The van der Waals surface area contributed by atoms with Crippen LogP contribution in [0.3, 0.4) is 0 Å². The van der Waals surface area contributed by atoms with Crippen molar-refractivity contribution in [3.8, 4) is 0 Å². The summed E-state index contributed by atoms with van der Waals surface area (Å²) in [6.45, 7) is 7.84. The lowest BCUT2D eigenvalue weighted by Gasteiger charge is -2.19. The second-order valence-corrected chi connectivity index (χ2v) is 4.82. The lowest BCUT2D eigenvalue weighted by atomic mass is 10.2. The van der Waals surface area contributed by atoms with E-state index in [9.17, 15) is 4.79 Å². The molecule has 1 N–H and O–H groups in total. The highest BCUT2D eigenvalue weighted by Gasteiger charge is 2.12. The van der Waals surface area contributed by atoms with Crippen LogP contribution in [0.2, 0.25) is 0 Å². The van der Waals surface area contributed by atoms with Crippen LogP contribution < -0.4 is 5.32 Å². The SMILES string of the molecule is Cc1cccc(NC(=O)COC(C)(C)C)c1. The maximum Gasteiger partial charge on any atom is 0.250 e. The van der Waals surface area contributed by atoms with Gasteiger partial charge in [0.2, 0.25) is 5.91 Å². The molecule has 0 bridgehead atoms. The number of hydrogen-bond acceptors (Lipinski definition) is 2. The monoisotopic (exact) mass is 221 g/mol. The number of rotatable bonds is 3. The fourth-order valence-corrected chi connectivity index (χ4v) is 1.20. The van der Waals surface area contributed by atoms with Gasteiger partial charge in [0.05, 0.1) is 5.60 Å². The van der Waals surface area contributed by atoms with E-state index in [-0.39, 0.29) is 18.1 Å². The summed E-state index contributed by atoms with van der Waals surface area (Å²) >= 11 is 0. The van der Waals surface area contributed by atoms with Gasteiger partial charge in [-0.25, -0.2) is 0 Å². The molecule has 0 saturated heterocycles. The van der Waals surface area contributed by atoms with Gasteiger partial charge < -0.3 is 10.1 Å². The standard InChI is InChI=1S/C13H19NO2/c1-10-6-5-7-11(8-10)14-12(15)9-16-13(2,3)4/h5-8H,9H2,1-4H3,(H,14,15). The van der Waals surface area contributed by atoms with Crippen LogP contribution in [-0.4, -0.2) is 18.1 Å². The average Bonchev–Trinajstić information content (AvgIpc) is 2.14. The largest absolute Gasteiger partial charge is 0.366 e. The van der Waals surface area contributed by atoms with Crippen LogP contribution in [0.4, 0.5) is 5.69 Å². The Morgan fingerprint density at radius 3 is 2.62 bits per heavy atom. The first kappa shape index (κ1) is 12.7. The van der Waals surface area contributed by atoms with Gasteiger partial charge in [0.1, 0.15) is 6.61 Å². The topological polar surface area (TPSA) is 38.3 Å². The lowest BCUT2D eigenvalue weighted by molar-refractivity contribution is -0.125. The molecule has 1 aromatic carbocycles. The highest BCUT2D eigenvalue weighted by Crippen LogP contribution is 2.10. The van der Waals surface area contributed by atoms with Gasteiger partial charge in [-0.1, -0.05) is 12.1 Å². The van der Waals surface area contributed by atoms with Crippen LogP contribution in [-0.2, 0) is 9.53 Å². The maximum atomic E-state index is 11.5. The molecular formula is C13H19NO2. The molecule has 0 spiro atoms.